The van der Waals surface area contributed by atoms with Gasteiger partial charge in [0.2, 0.25) is 5.95 Å². The molecule has 0 unspecified atom stereocenters. The van der Waals surface area contributed by atoms with Gasteiger partial charge >= 0.3 is 0 Å². The van der Waals surface area contributed by atoms with Gasteiger partial charge in [-0.1, -0.05) is 12.1 Å². The predicted octanol–water partition coefficient (Wildman–Crippen LogP) is 0.308. The van der Waals surface area contributed by atoms with E-state index in [0.29, 0.717) is 17.5 Å². The molecule has 0 aliphatic rings. The van der Waals surface area contributed by atoms with Gasteiger partial charge in [0.05, 0.1) is 6.20 Å². The van der Waals surface area contributed by atoms with Crippen LogP contribution in [0.25, 0.3) is 17.5 Å². The van der Waals surface area contributed by atoms with Gasteiger partial charge in [0.15, 0.2) is 5.82 Å². The molecule has 0 atom stereocenters. The van der Waals surface area contributed by atoms with Crippen molar-refractivity contribution in [2.75, 3.05) is 5.73 Å². The molecule has 0 fully saturated rings. The van der Waals surface area contributed by atoms with Crippen molar-refractivity contribution in [2.45, 2.75) is 19.9 Å². The third-order valence-corrected chi connectivity index (χ3v) is 2.63. The van der Waals surface area contributed by atoms with Gasteiger partial charge in [0.25, 0.3) is 5.95 Å². The molecule has 0 aliphatic carbocycles. The lowest BCUT2D eigenvalue weighted by molar-refractivity contribution is 0.582. The summed E-state index contributed by atoms with van der Waals surface area (Å²) in [4.78, 5) is 12.6. The molecule has 3 rings (SSSR count). The maximum atomic E-state index is 5.74. The van der Waals surface area contributed by atoms with Crippen LogP contribution < -0.4 is 5.73 Å². The van der Waals surface area contributed by atoms with Gasteiger partial charge in [0, 0.05) is 18.9 Å². The van der Waals surface area contributed by atoms with Crippen molar-refractivity contribution >= 4 is 5.95 Å². The van der Waals surface area contributed by atoms with Gasteiger partial charge in [0.1, 0.15) is 5.69 Å². The van der Waals surface area contributed by atoms with E-state index in [1.54, 1.807) is 29.3 Å². The lowest BCUT2D eigenvalue weighted by Crippen LogP contribution is -2.10. The van der Waals surface area contributed by atoms with Crippen LogP contribution in [0.3, 0.4) is 0 Å². The van der Waals surface area contributed by atoms with Gasteiger partial charge in [-0.3, -0.25) is 0 Å². The lowest BCUT2D eigenvalue weighted by atomic mass is 10.4. The average Bonchev–Trinajstić information content (AvgIpc) is 3.09. The van der Waals surface area contributed by atoms with E-state index in [1.165, 1.54) is 4.68 Å². The standard InChI is InChI=1S/C11H13N9/c1-2-5-19-8(7-13-18-19)9-15-10(12)17-11(16-9)20-6-3-4-14-20/h3-4,6-7H,2,5H2,1H3,(H2,12,15,16,17). The molecule has 102 valence electrons. The molecule has 0 saturated carbocycles. The van der Waals surface area contributed by atoms with Crippen molar-refractivity contribution in [2.24, 2.45) is 0 Å². The minimum absolute atomic E-state index is 0.129. The van der Waals surface area contributed by atoms with E-state index in [0.717, 1.165) is 13.0 Å². The van der Waals surface area contributed by atoms with Crippen molar-refractivity contribution in [3.05, 3.63) is 24.7 Å². The van der Waals surface area contributed by atoms with Crippen molar-refractivity contribution in [1.82, 2.24) is 39.7 Å². The number of hydrogen-bond donors (Lipinski definition) is 1. The highest BCUT2D eigenvalue weighted by Gasteiger charge is 2.13. The maximum absolute atomic E-state index is 5.74. The molecule has 9 heteroatoms. The summed E-state index contributed by atoms with van der Waals surface area (Å²) in [6, 6.07) is 1.78. The fourth-order valence-corrected chi connectivity index (χ4v) is 1.79. The highest BCUT2D eigenvalue weighted by molar-refractivity contribution is 5.50. The highest BCUT2D eigenvalue weighted by atomic mass is 15.4. The Morgan fingerprint density at radius 1 is 1.25 bits per heavy atom. The summed E-state index contributed by atoms with van der Waals surface area (Å²) in [6.07, 6.45) is 5.92. The van der Waals surface area contributed by atoms with Crippen LogP contribution in [0.15, 0.2) is 24.7 Å². The molecule has 3 aromatic rings. The Labute approximate surface area is 114 Å². The second kappa shape index (κ2) is 5.03. The minimum atomic E-state index is 0.129. The zero-order valence-corrected chi connectivity index (χ0v) is 10.9. The van der Waals surface area contributed by atoms with E-state index in [1.807, 2.05) is 0 Å². The van der Waals surface area contributed by atoms with E-state index in [9.17, 15) is 0 Å². The zero-order valence-electron chi connectivity index (χ0n) is 10.9. The van der Waals surface area contributed by atoms with E-state index in [2.05, 4.69) is 37.3 Å². The summed E-state index contributed by atoms with van der Waals surface area (Å²) < 4.78 is 3.26. The lowest BCUT2D eigenvalue weighted by Gasteiger charge is -2.06. The van der Waals surface area contributed by atoms with Crippen molar-refractivity contribution in [3.63, 3.8) is 0 Å². The van der Waals surface area contributed by atoms with Crippen LogP contribution in [-0.2, 0) is 6.54 Å². The first-order valence-electron chi connectivity index (χ1n) is 6.18. The Kier molecular flexibility index (Phi) is 3.07. The number of aryl methyl sites for hydroxylation is 1. The van der Waals surface area contributed by atoms with E-state index in [-0.39, 0.29) is 5.95 Å². The first kappa shape index (κ1) is 12.2. The highest BCUT2D eigenvalue weighted by Crippen LogP contribution is 2.15. The van der Waals surface area contributed by atoms with Crippen LogP contribution in [0.5, 0.6) is 0 Å². The Morgan fingerprint density at radius 3 is 2.90 bits per heavy atom. The molecule has 3 aromatic heterocycles. The number of nitrogens with zero attached hydrogens (tertiary/aromatic N) is 8. The largest absolute Gasteiger partial charge is 0.368 e. The van der Waals surface area contributed by atoms with Crippen LogP contribution in [0, 0.1) is 0 Å². The SMILES string of the molecule is CCCn1nncc1-c1nc(N)nc(-n2cccn2)n1. The van der Waals surface area contributed by atoms with Gasteiger partial charge in [-0.25, -0.2) is 9.36 Å². The molecule has 20 heavy (non-hydrogen) atoms. The van der Waals surface area contributed by atoms with Crippen LogP contribution >= 0.6 is 0 Å². The van der Waals surface area contributed by atoms with Crippen LogP contribution in [0.1, 0.15) is 13.3 Å². The second-order valence-corrected chi connectivity index (χ2v) is 4.11. The molecule has 0 bridgehead atoms. The van der Waals surface area contributed by atoms with Gasteiger partial charge in [-0.15, -0.1) is 5.10 Å². The number of rotatable bonds is 4. The molecule has 2 N–H and O–H groups in total. The molecule has 0 aliphatic heterocycles. The van der Waals surface area contributed by atoms with Gasteiger partial charge in [-0.2, -0.15) is 20.1 Å². The summed E-state index contributed by atoms with van der Waals surface area (Å²) in [5.41, 5.74) is 6.45. The monoisotopic (exact) mass is 271 g/mol. The molecule has 0 aromatic carbocycles. The average molecular weight is 271 g/mol. The molecular weight excluding hydrogens is 258 g/mol. The third-order valence-electron chi connectivity index (χ3n) is 2.63. The van der Waals surface area contributed by atoms with Gasteiger partial charge in [-0.05, 0) is 12.5 Å². The normalized spacial score (nSPS) is 10.8. The number of anilines is 1. The molecule has 0 saturated heterocycles. The smallest absolute Gasteiger partial charge is 0.255 e. The first-order chi connectivity index (χ1) is 9.78. The van der Waals surface area contributed by atoms with Crippen molar-refractivity contribution in [3.8, 4) is 17.5 Å². The Bertz CT molecular complexity index is 701. The first-order valence-corrected chi connectivity index (χ1v) is 6.18. The van der Waals surface area contributed by atoms with Crippen molar-refractivity contribution in [1.29, 1.82) is 0 Å². The number of hydrogen-bond acceptors (Lipinski definition) is 7. The summed E-state index contributed by atoms with van der Waals surface area (Å²) in [6.45, 7) is 2.79. The quantitative estimate of drug-likeness (QED) is 0.726. The Hall–Kier alpha value is -2.84. The predicted molar refractivity (Wildman–Crippen MR) is 70.7 cm³/mol. The Morgan fingerprint density at radius 2 is 2.15 bits per heavy atom. The van der Waals surface area contributed by atoms with Gasteiger partial charge < -0.3 is 5.73 Å². The fraction of sp³-hybridized carbons (Fsp3) is 0.273. The number of nitrogen functional groups attached to an aromatic ring is 1. The minimum Gasteiger partial charge on any atom is -0.368 e. The molecule has 9 nitrogen and oxygen atoms in total. The van der Waals surface area contributed by atoms with Crippen molar-refractivity contribution < 1.29 is 0 Å². The Balaban J connectivity index is 2.08. The maximum Gasteiger partial charge on any atom is 0.255 e. The molecule has 3 heterocycles. The van der Waals surface area contributed by atoms with E-state index < -0.39 is 0 Å². The summed E-state index contributed by atoms with van der Waals surface area (Å²) in [5.74, 6) is 0.924. The molecule has 0 radical (unpaired) electrons. The zero-order chi connectivity index (χ0) is 13.9. The van der Waals surface area contributed by atoms with Crippen LogP contribution in [0.4, 0.5) is 5.95 Å². The second-order valence-electron chi connectivity index (χ2n) is 4.11. The molecule has 0 amide bonds. The summed E-state index contributed by atoms with van der Waals surface area (Å²) in [7, 11) is 0. The fourth-order valence-electron chi connectivity index (χ4n) is 1.79. The molecule has 0 spiro atoms. The summed E-state index contributed by atoms with van der Waals surface area (Å²) >= 11 is 0. The van der Waals surface area contributed by atoms with Crippen LogP contribution in [-0.4, -0.2) is 39.7 Å². The summed E-state index contributed by atoms with van der Waals surface area (Å²) in [5, 5.41) is 12.0. The van der Waals surface area contributed by atoms with E-state index >= 15 is 0 Å². The third kappa shape index (κ3) is 2.20. The van der Waals surface area contributed by atoms with E-state index in [4.69, 9.17) is 5.73 Å². The number of aromatic nitrogens is 8. The molecular formula is C11H13N9. The van der Waals surface area contributed by atoms with Crippen LogP contribution in [0.2, 0.25) is 0 Å². The topological polar surface area (TPSA) is 113 Å². The number of nitrogens with two attached hydrogens (primary N) is 1.